The number of likely N-dealkylation sites (tertiary alicyclic amines) is 2. The minimum absolute atomic E-state index is 0.0529. The number of benzene rings is 2. The Morgan fingerprint density at radius 1 is 1.03 bits per heavy atom. The SMILES string of the molecule is COc1ccc(C(CNC(=O)N2CCC(C(=O)Nc3ccccc3O)CC2)N2CCCC2)cc1. The summed E-state index contributed by atoms with van der Waals surface area (Å²) in [5, 5.41) is 15.8. The van der Waals surface area contributed by atoms with Gasteiger partial charge in [0.05, 0.1) is 18.8 Å². The summed E-state index contributed by atoms with van der Waals surface area (Å²) in [6.07, 6.45) is 3.55. The van der Waals surface area contributed by atoms with Gasteiger partial charge in [0.25, 0.3) is 0 Å². The number of phenols is 1. The average Bonchev–Trinajstić information content (AvgIpc) is 3.40. The van der Waals surface area contributed by atoms with Gasteiger partial charge in [-0.3, -0.25) is 9.69 Å². The van der Waals surface area contributed by atoms with Crippen molar-refractivity contribution < 1.29 is 19.4 Å². The first-order valence-electron chi connectivity index (χ1n) is 12.0. The third kappa shape index (κ3) is 5.80. The van der Waals surface area contributed by atoms with Crippen LogP contribution < -0.4 is 15.4 Å². The highest BCUT2D eigenvalue weighted by molar-refractivity contribution is 5.94. The molecule has 3 amide bonds. The van der Waals surface area contributed by atoms with E-state index >= 15 is 0 Å². The average molecular weight is 467 g/mol. The van der Waals surface area contributed by atoms with E-state index in [1.165, 1.54) is 18.4 Å². The van der Waals surface area contributed by atoms with Crippen LogP contribution in [0.4, 0.5) is 10.5 Å². The van der Waals surface area contributed by atoms with Gasteiger partial charge in [-0.2, -0.15) is 0 Å². The van der Waals surface area contributed by atoms with E-state index < -0.39 is 0 Å². The minimum Gasteiger partial charge on any atom is -0.506 e. The Bertz CT molecular complexity index is 967. The van der Waals surface area contributed by atoms with Gasteiger partial charge in [-0.05, 0) is 68.6 Å². The molecule has 2 aromatic rings. The monoisotopic (exact) mass is 466 g/mol. The number of amides is 3. The topological polar surface area (TPSA) is 94.1 Å². The van der Waals surface area contributed by atoms with Gasteiger partial charge in [-0.15, -0.1) is 0 Å². The first kappa shape index (κ1) is 23.9. The molecule has 1 unspecified atom stereocenters. The molecular formula is C26H34N4O4. The molecule has 1 atom stereocenters. The molecule has 0 spiro atoms. The van der Waals surface area contributed by atoms with E-state index in [1.807, 2.05) is 12.1 Å². The molecule has 0 saturated carbocycles. The van der Waals surface area contributed by atoms with Crippen LogP contribution in [0.3, 0.4) is 0 Å². The lowest BCUT2D eigenvalue weighted by Gasteiger charge is -2.33. The number of hydrogen-bond acceptors (Lipinski definition) is 5. The summed E-state index contributed by atoms with van der Waals surface area (Å²) in [7, 11) is 1.66. The summed E-state index contributed by atoms with van der Waals surface area (Å²) in [5.41, 5.74) is 1.58. The van der Waals surface area contributed by atoms with Crippen LogP contribution in [-0.2, 0) is 4.79 Å². The smallest absolute Gasteiger partial charge is 0.317 e. The van der Waals surface area contributed by atoms with E-state index in [1.54, 1.807) is 36.3 Å². The van der Waals surface area contributed by atoms with Gasteiger partial charge >= 0.3 is 6.03 Å². The highest BCUT2D eigenvalue weighted by Crippen LogP contribution is 2.27. The summed E-state index contributed by atoms with van der Waals surface area (Å²) in [6.45, 7) is 3.66. The summed E-state index contributed by atoms with van der Waals surface area (Å²) in [5.74, 6) is 0.579. The number of carbonyl (C=O) groups excluding carboxylic acids is 2. The summed E-state index contributed by atoms with van der Waals surface area (Å²) >= 11 is 0. The molecule has 2 aromatic carbocycles. The first-order valence-corrected chi connectivity index (χ1v) is 12.0. The Morgan fingerprint density at radius 2 is 1.71 bits per heavy atom. The zero-order valence-corrected chi connectivity index (χ0v) is 19.7. The Morgan fingerprint density at radius 3 is 2.35 bits per heavy atom. The van der Waals surface area contributed by atoms with Gasteiger partial charge in [0.2, 0.25) is 5.91 Å². The summed E-state index contributed by atoms with van der Waals surface area (Å²) < 4.78 is 5.29. The van der Waals surface area contributed by atoms with Crippen molar-refractivity contribution in [3.8, 4) is 11.5 Å². The van der Waals surface area contributed by atoms with Crippen molar-refractivity contribution in [3.05, 3.63) is 54.1 Å². The van der Waals surface area contributed by atoms with Crippen LogP contribution in [0.15, 0.2) is 48.5 Å². The number of hydrogen-bond donors (Lipinski definition) is 3. The maximum absolute atomic E-state index is 12.9. The standard InChI is InChI=1S/C26H34N4O4/c1-34-21-10-8-19(9-11-21)23(29-14-4-5-15-29)18-27-26(33)30-16-12-20(13-17-30)25(32)28-22-6-2-3-7-24(22)31/h2-3,6-11,20,23,31H,4-5,12-18H2,1H3,(H,27,33)(H,28,32). The van der Waals surface area contributed by atoms with Crippen LogP contribution in [0.25, 0.3) is 0 Å². The van der Waals surface area contributed by atoms with Gasteiger partial charge in [0, 0.05) is 25.6 Å². The lowest BCUT2D eigenvalue weighted by atomic mass is 9.96. The van der Waals surface area contributed by atoms with E-state index in [2.05, 4.69) is 27.7 Å². The molecule has 8 nitrogen and oxygen atoms in total. The molecule has 0 radical (unpaired) electrons. The predicted molar refractivity (Wildman–Crippen MR) is 131 cm³/mol. The second-order valence-corrected chi connectivity index (χ2v) is 8.99. The number of aromatic hydroxyl groups is 1. The molecule has 2 aliphatic rings. The quantitative estimate of drug-likeness (QED) is 0.542. The number of carbonyl (C=O) groups is 2. The van der Waals surface area contributed by atoms with Gasteiger partial charge in [0.15, 0.2) is 0 Å². The fourth-order valence-electron chi connectivity index (χ4n) is 4.79. The van der Waals surface area contributed by atoms with E-state index in [9.17, 15) is 14.7 Å². The van der Waals surface area contributed by atoms with E-state index in [0.717, 1.165) is 18.8 Å². The summed E-state index contributed by atoms with van der Waals surface area (Å²) in [4.78, 5) is 29.7. The molecule has 3 N–H and O–H groups in total. The number of piperidine rings is 1. The minimum atomic E-state index is -0.180. The molecule has 0 aliphatic carbocycles. The molecule has 2 fully saturated rings. The highest BCUT2D eigenvalue weighted by Gasteiger charge is 2.29. The van der Waals surface area contributed by atoms with Crippen LogP contribution in [0.5, 0.6) is 11.5 Å². The number of urea groups is 1. The maximum atomic E-state index is 12.9. The fraction of sp³-hybridized carbons (Fsp3) is 0.462. The van der Waals surface area contributed by atoms with Crippen LogP contribution in [0, 0.1) is 5.92 Å². The fourth-order valence-corrected chi connectivity index (χ4v) is 4.79. The van der Waals surface area contributed by atoms with Crippen molar-refractivity contribution in [2.45, 2.75) is 31.7 Å². The van der Waals surface area contributed by atoms with Crippen molar-refractivity contribution in [1.29, 1.82) is 0 Å². The van der Waals surface area contributed by atoms with Crippen molar-refractivity contribution >= 4 is 17.6 Å². The second-order valence-electron chi connectivity index (χ2n) is 8.99. The van der Waals surface area contributed by atoms with Gasteiger partial charge in [-0.1, -0.05) is 24.3 Å². The Hall–Kier alpha value is -3.26. The number of phenolic OH excluding ortho intramolecular Hbond substituents is 1. The number of nitrogens with zero attached hydrogens (tertiary/aromatic N) is 2. The number of rotatable bonds is 7. The van der Waals surface area contributed by atoms with Crippen molar-refractivity contribution in [2.24, 2.45) is 5.92 Å². The molecule has 0 aromatic heterocycles. The molecule has 2 heterocycles. The van der Waals surface area contributed by atoms with E-state index in [-0.39, 0.29) is 29.6 Å². The van der Waals surface area contributed by atoms with Gasteiger partial charge < -0.3 is 25.4 Å². The largest absolute Gasteiger partial charge is 0.506 e. The second kappa shape index (κ2) is 11.2. The molecule has 2 aliphatic heterocycles. The molecule has 4 rings (SSSR count). The van der Waals surface area contributed by atoms with Crippen molar-refractivity contribution in [1.82, 2.24) is 15.1 Å². The van der Waals surface area contributed by atoms with E-state index in [0.29, 0.717) is 38.2 Å². The lowest BCUT2D eigenvalue weighted by Crippen LogP contribution is -2.48. The maximum Gasteiger partial charge on any atom is 0.317 e. The predicted octanol–water partition coefficient (Wildman–Crippen LogP) is 3.60. The lowest BCUT2D eigenvalue weighted by molar-refractivity contribution is -0.121. The number of ether oxygens (including phenoxy) is 1. The third-order valence-corrected chi connectivity index (χ3v) is 6.84. The zero-order valence-electron chi connectivity index (χ0n) is 19.7. The zero-order chi connectivity index (χ0) is 23.9. The van der Waals surface area contributed by atoms with Crippen LogP contribution >= 0.6 is 0 Å². The molecule has 8 heteroatoms. The molecule has 0 bridgehead atoms. The Kier molecular flexibility index (Phi) is 7.90. The van der Waals surface area contributed by atoms with Gasteiger partial charge in [0.1, 0.15) is 11.5 Å². The summed E-state index contributed by atoms with van der Waals surface area (Å²) in [6, 6.07) is 14.8. The molecular weight excluding hydrogens is 432 g/mol. The van der Waals surface area contributed by atoms with Crippen molar-refractivity contribution in [2.75, 3.05) is 45.2 Å². The van der Waals surface area contributed by atoms with Crippen LogP contribution in [-0.4, -0.2) is 66.7 Å². The number of para-hydroxylation sites is 2. The van der Waals surface area contributed by atoms with Gasteiger partial charge in [-0.25, -0.2) is 4.79 Å². The number of anilines is 1. The van der Waals surface area contributed by atoms with Crippen molar-refractivity contribution in [3.63, 3.8) is 0 Å². The molecule has 2 saturated heterocycles. The third-order valence-electron chi connectivity index (χ3n) is 6.84. The molecule has 182 valence electrons. The van der Waals surface area contributed by atoms with Crippen LogP contribution in [0.2, 0.25) is 0 Å². The Balaban J connectivity index is 1.29. The first-order chi connectivity index (χ1) is 16.5. The van der Waals surface area contributed by atoms with E-state index in [4.69, 9.17) is 4.74 Å². The number of nitrogens with one attached hydrogen (secondary N) is 2. The number of methoxy groups -OCH3 is 1. The van der Waals surface area contributed by atoms with Crippen LogP contribution in [0.1, 0.15) is 37.3 Å². The Labute approximate surface area is 200 Å². The normalized spacial score (nSPS) is 17.9. The highest BCUT2D eigenvalue weighted by atomic mass is 16.5. The molecule has 34 heavy (non-hydrogen) atoms.